The first-order valence-corrected chi connectivity index (χ1v) is 8.74. The number of hydrogen-bond acceptors (Lipinski definition) is 5. The van der Waals surface area contributed by atoms with Crippen LogP contribution in [-0.4, -0.2) is 19.8 Å². The number of rotatable bonds is 4. The number of thioether (sulfide) groups is 1. The Bertz CT molecular complexity index is 1030. The Labute approximate surface area is 165 Å². The van der Waals surface area contributed by atoms with Gasteiger partial charge in [0, 0.05) is 22.1 Å². The van der Waals surface area contributed by atoms with E-state index in [4.69, 9.17) is 11.6 Å². The van der Waals surface area contributed by atoms with Crippen molar-refractivity contribution in [3.05, 3.63) is 81.1 Å². The molecular formula is C17H9ClF3N3O3S. The Balaban J connectivity index is 1.99. The van der Waals surface area contributed by atoms with Crippen LogP contribution in [0.25, 0.3) is 5.69 Å². The summed E-state index contributed by atoms with van der Waals surface area (Å²) in [4.78, 5) is 22.9. The normalized spacial score (nSPS) is 11.4. The monoisotopic (exact) mass is 427 g/mol. The molecule has 0 saturated heterocycles. The van der Waals surface area contributed by atoms with Gasteiger partial charge in [0.1, 0.15) is 0 Å². The fourth-order valence-electron chi connectivity index (χ4n) is 2.35. The minimum atomic E-state index is -4.87. The van der Waals surface area contributed by atoms with E-state index in [9.17, 15) is 28.1 Å². The molecule has 0 atom stereocenters. The largest absolute Gasteiger partial charge is 0.434 e. The van der Waals surface area contributed by atoms with Crippen LogP contribution in [0.15, 0.2) is 59.6 Å². The summed E-state index contributed by atoms with van der Waals surface area (Å²) in [6.07, 6.45) is -4.04. The molecule has 144 valence electrons. The van der Waals surface area contributed by atoms with Crippen LogP contribution >= 0.6 is 23.4 Å². The van der Waals surface area contributed by atoms with Crippen LogP contribution in [0, 0.1) is 10.1 Å². The molecular weight excluding hydrogens is 419 g/mol. The standard InChI is InChI=1S/C17H9ClF3N3O3S/c18-10-1-7-13(8-2-10)28-16(25)14-9-22-23(15(14)17(19,20)21)11-3-5-12(6-4-11)24(26)27/h1-9H. The number of hydrogen-bond donors (Lipinski definition) is 0. The Morgan fingerprint density at radius 3 is 2.25 bits per heavy atom. The highest BCUT2D eigenvalue weighted by Gasteiger charge is 2.40. The zero-order valence-corrected chi connectivity index (χ0v) is 15.3. The van der Waals surface area contributed by atoms with Crippen LogP contribution in [0.2, 0.25) is 5.02 Å². The lowest BCUT2D eigenvalue weighted by Crippen LogP contribution is -2.16. The highest BCUT2D eigenvalue weighted by molar-refractivity contribution is 8.14. The number of carbonyl (C=O) groups excluding carboxylic acids is 1. The molecule has 0 bridgehead atoms. The molecule has 0 amide bonds. The van der Waals surface area contributed by atoms with Crippen LogP contribution in [0.4, 0.5) is 18.9 Å². The molecule has 0 saturated carbocycles. The summed E-state index contributed by atoms with van der Waals surface area (Å²) in [5.74, 6) is 0. The second-order valence-corrected chi connectivity index (χ2v) is 6.92. The van der Waals surface area contributed by atoms with Gasteiger partial charge in [-0.1, -0.05) is 11.6 Å². The van der Waals surface area contributed by atoms with Crippen LogP contribution in [0.1, 0.15) is 16.1 Å². The minimum Gasteiger partial charge on any atom is -0.281 e. The van der Waals surface area contributed by atoms with Crippen molar-refractivity contribution in [2.45, 2.75) is 11.1 Å². The lowest BCUT2D eigenvalue weighted by Gasteiger charge is -2.12. The summed E-state index contributed by atoms with van der Waals surface area (Å²) >= 11 is 6.36. The first-order chi connectivity index (χ1) is 13.2. The summed E-state index contributed by atoms with van der Waals surface area (Å²) in [6, 6.07) is 10.4. The van der Waals surface area contributed by atoms with Gasteiger partial charge in [-0.25, -0.2) is 4.68 Å². The van der Waals surface area contributed by atoms with Crippen LogP contribution in [0.3, 0.4) is 0 Å². The molecule has 1 aromatic heterocycles. The summed E-state index contributed by atoms with van der Waals surface area (Å²) in [7, 11) is 0. The van der Waals surface area contributed by atoms with Crippen molar-refractivity contribution in [3.63, 3.8) is 0 Å². The second kappa shape index (κ2) is 7.64. The quantitative estimate of drug-likeness (QED) is 0.317. The third-order valence-corrected chi connectivity index (χ3v) is 4.75. The fourth-order valence-corrected chi connectivity index (χ4v) is 3.22. The van der Waals surface area contributed by atoms with Gasteiger partial charge in [-0.3, -0.25) is 14.9 Å². The average Bonchev–Trinajstić information content (AvgIpc) is 3.09. The van der Waals surface area contributed by atoms with E-state index in [2.05, 4.69) is 5.10 Å². The number of non-ortho nitro benzene ring substituents is 1. The molecule has 11 heteroatoms. The number of halogens is 4. The van der Waals surface area contributed by atoms with Crippen molar-refractivity contribution < 1.29 is 22.9 Å². The highest BCUT2D eigenvalue weighted by Crippen LogP contribution is 2.36. The molecule has 0 aliphatic carbocycles. The Hall–Kier alpha value is -2.85. The van der Waals surface area contributed by atoms with Crippen molar-refractivity contribution in [1.29, 1.82) is 0 Å². The van der Waals surface area contributed by atoms with E-state index < -0.39 is 27.5 Å². The molecule has 0 unspecified atom stereocenters. The third-order valence-electron chi connectivity index (χ3n) is 3.59. The van der Waals surface area contributed by atoms with Crippen molar-refractivity contribution >= 4 is 34.2 Å². The number of nitrogens with zero attached hydrogens (tertiary/aromatic N) is 3. The average molecular weight is 428 g/mol. The minimum absolute atomic E-state index is 0.0616. The molecule has 1 heterocycles. The number of nitro benzene ring substituents is 1. The Kier molecular flexibility index (Phi) is 5.43. The van der Waals surface area contributed by atoms with Crippen molar-refractivity contribution in [2.24, 2.45) is 0 Å². The lowest BCUT2D eigenvalue weighted by molar-refractivity contribution is -0.384. The topological polar surface area (TPSA) is 78.0 Å². The van der Waals surface area contributed by atoms with Gasteiger partial charge in [0.25, 0.3) is 5.69 Å². The molecule has 3 rings (SSSR count). The van der Waals surface area contributed by atoms with E-state index in [1.54, 1.807) is 0 Å². The maximum Gasteiger partial charge on any atom is 0.434 e. The molecule has 2 aromatic carbocycles. The highest BCUT2D eigenvalue weighted by atomic mass is 35.5. The van der Waals surface area contributed by atoms with Crippen molar-refractivity contribution in [3.8, 4) is 5.69 Å². The number of alkyl halides is 3. The lowest BCUT2D eigenvalue weighted by atomic mass is 10.2. The summed E-state index contributed by atoms with van der Waals surface area (Å²) in [5, 5.41) is 14.0. The number of aromatic nitrogens is 2. The molecule has 0 spiro atoms. The first-order valence-electron chi connectivity index (χ1n) is 7.54. The van der Waals surface area contributed by atoms with E-state index >= 15 is 0 Å². The summed E-state index contributed by atoms with van der Waals surface area (Å²) < 4.78 is 41.5. The van der Waals surface area contributed by atoms with E-state index in [0.29, 0.717) is 26.4 Å². The van der Waals surface area contributed by atoms with Gasteiger partial charge in [-0.05, 0) is 48.2 Å². The zero-order valence-electron chi connectivity index (χ0n) is 13.7. The zero-order chi connectivity index (χ0) is 20.5. The van der Waals surface area contributed by atoms with E-state index in [-0.39, 0.29) is 11.4 Å². The summed E-state index contributed by atoms with van der Waals surface area (Å²) in [5.41, 5.74) is -2.22. The Morgan fingerprint density at radius 1 is 1.11 bits per heavy atom. The van der Waals surface area contributed by atoms with Gasteiger partial charge in [-0.15, -0.1) is 0 Å². The molecule has 6 nitrogen and oxygen atoms in total. The maximum absolute atomic E-state index is 13.6. The van der Waals surface area contributed by atoms with Gasteiger partial charge >= 0.3 is 6.18 Å². The van der Waals surface area contributed by atoms with Crippen LogP contribution in [-0.2, 0) is 6.18 Å². The van der Waals surface area contributed by atoms with Crippen molar-refractivity contribution in [2.75, 3.05) is 0 Å². The predicted molar refractivity (Wildman–Crippen MR) is 96.9 cm³/mol. The maximum atomic E-state index is 13.6. The predicted octanol–water partition coefficient (Wildman–Crippen LogP) is 5.39. The SMILES string of the molecule is O=C(Sc1ccc(Cl)cc1)c1cnn(-c2ccc([N+](=O)[O-])cc2)c1C(F)(F)F. The number of nitro groups is 1. The van der Waals surface area contributed by atoms with E-state index in [1.165, 1.54) is 24.3 Å². The molecule has 0 aliphatic rings. The molecule has 0 radical (unpaired) electrons. The van der Waals surface area contributed by atoms with Gasteiger partial charge in [0.2, 0.25) is 5.12 Å². The van der Waals surface area contributed by atoms with Gasteiger partial charge in [-0.2, -0.15) is 18.3 Å². The van der Waals surface area contributed by atoms with Gasteiger partial charge in [0.05, 0.1) is 22.4 Å². The van der Waals surface area contributed by atoms with E-state index in [1.807, 2.05) is 0 Å². The second-order valence-electron chi connectivity index (χ2n) is 5.43. The smallest absolute Gasteiger partial charge is 0.281 e. The van der Waals surface area contributed by atoms with Crippen LogP contribution < -0.4 is 0 Å². The van der Waals surface area contributed by atoms with Gasteiger partial charge < -0.3 is 0 Å². The van der Waals surface area contributed by atoms with Crippen LogP contribution in [0.5, 0.6) is 0 Å². The van der Waals surface area contributed by atoms with Gasteiger partial charge in [0.15, 0.2) is 5.69 Å². The Morgan fingerprint density at radius 2 is 1.71 bits per heavy atom. The molecule has 28 heavy (non-hydrogen) atoms. The van der Waals surface area contributed by atoms with E-state index in [0.717, 1.165) is 30.5 Å². The number of carbonyl (C=O) groups is 1. The fraction of sp³-hybridized carbons (Fsp3) is 0.0588. The molecule has 0 fully saturated rings. The number of benzene rings is 2. The molecule has 0 aliphatic heterocycles. The first kappa shape index (κ1) is 19.9. The molecule has 3 aromatic rings. The molecule has 0 N–H and O–H groups in total. The third kappa shape index (κ3) is 4.18. The summed E-state index contributed by atoms with van der Waals surface area (Å²) in [6.45, 7) is 0. The van der Waals surface area contributed by atoms with Crippen molar-refractivity contribution in [1.82, 2.24) is 9.78 Å².